The maximum atomic E-state index is 10.5. The number of benzene rings is 1. The fraction of sp³-hybridized carbons (Fsp3) is 0.250. The molecule has 108 valence electrons. The van der Waals surface area contributed by atoms with E-state index in [-0.39, 0.29) is 6.54 Å². The first kappa shape index (κ1) is 13.4. The zero-order valence-electron chi connectivity index (χ0n) is 11.6. The summed E-state index contributed by atoms with van der Waals surface area (Å²) in [5.74, 6) is 0.483. The molecule has 3 rings (SSSR count). The minimum atomic E-state index is -1.03. The summed E-state index contributed by atoms with van der Waals surface area (Å²) >= 11 is 0. The van der Waals surface area contributed by atoms with Crippen molar-refractivity contribution in [2.75, 3.05) is 18.0 Å². The maximum Gasteiger partial charge on any atom is 0.404 e. The molecule has 1 saturated heterocycles. The van der Waals surface area contributed by atoms with Crippen molar-refractivity contribution in [3.05, 3.63) is 59.9 Å². The molecule has 0 unspecified atom stereocenters. The molecule has 0 radical (unpaired) electrons. The van der Waals surface area contributed by atoms with Crippen molar-refractivity contribution in [3.63, 3.8) is 0 Å². The Morgan fingerprint density at radius 1 is 1.29 bits per heavy atom. The molecule has 0 atom stereocenters. The second-order valence-corrected chi connectivity index (χ2v) is 5.18. The summed E-state index contributed by atoms with van der Waals surface area (Å²) in [5, 5.41) is 11.0. The fourth-order valence-corrected chi connectivity index (χ4v) is 2.55. The zero-order valence-corrected chi connectivity index (χ0v) is 11.6. The van der Waals surface area contributed by atoms with Gasteiger partial charge in [0.2, 0.25) is 0 Å². The highest BCUT2D eigenvalue weighted by Gasteiger charge is 2.28. The van der Waals surface area contributed by atoms with E-state index in [4.69, 9.17) is 5.11 Å². The van der Waals surface area contributed by atoms with Crippen LogP contribution in [-0.2, 0) is 6.54 Å². The molecule has 5 heteroatoms. The van der Waals surface area contributed by atoms with Crippen LogP contribution in [0, 0.1) is 0 Å². The number of hydrogen-bond acceptors (Lipinski definition) is 3. The second kappa shape index (κ2) is 5.83. The van der Waals surface area contributed by atoms with Crippen molar-refractivity contribution in [2.24, 2.45) is 0 Å². The molecule has 0 saturated carbocycles. The monoisotopic (exact) mass is 283 g/mol. The Hall–Kier alpha value is -2.56. The number of amides is 1. The maximum absolute atomic E-state index is 10.5. The van der Waals surface area contributed by atoms with E-state index in [9.17, 15) is 4.79 Å². The third kappa shape index (κ3) is 3.13. The van der Waals surface area contributed by atoms with E-state index in [1.807, 2.05) is 30.3 Å². The molecule has 2 heterocycles. The summed E-state index contributed by atoms with van der Waals surface area (Å²) in [6, 6.07) is 14.3. The van der Waals surface area contributed by atoms with Gasteiger partial charge in [-0.2, -0.15) is 0 Å². The van der Waals surface area contributed by atoms with E-state index in [1.165, 1.54) is 11.3 Å². The zero-order chi connectivity index (χ0) is 14.7. The van der Waals surface area contributed by atoms with Gasteiger partial charge < -0.3 is 15.3 Å². The van der Waals surface area contributed by atoms with Gasteiger partial charge in [-0.05, 0) is 29.8 Å². The first-order valence-corrected chi connectivity index (χ1v) is 6.94. The third-order valence-corrected chi connectivity index (χ3v) is 3.74. The fourth-order valence-electron chi connectivity index (χ4n) is 2.55. The van der Waals surface area contributed by atoms with Crippen LogP contribution in [0.2, 0.25) is 0 Å². The Morgan fingerprint density at radius 3 is 2.76 bits per heavy atom. The van der Waals surface area contributed by atoms with Gasteiger partial charge in [-0.1, -0.05) is 18.2 Å². The number of hydrogen-bond donors (Lipinski definition) is 2. The van der Waals surface area contributed by atoms with E-state index in [1.54, 1.807) is 6.20 Å². The summed E-state index contributed by atoms with van der Waals surface area (Å²) < 4.78 is 0. The average molecular weight is 283 g/mol. The van der Waals surface area contributed by atoms with Crippen molar-refractivity contribution < 1.29 is 9.90 Å². The Balaban J connectivity index is 1.61. The van der Waals surface area contributed by atoms with Crippen molar-refractivity contribution in [1.82, 2.24) is 10.3 Å². The highest BCUT2D eigenvalue weighted by molar-refractivity contribution is 5.64. The van der Waals surface area contributed by atoms with Gasteiger partial charge in [0.1, 0.15) is 0 Å². The topological polar surface area (TPSA) is 65.5 Å². The molecule has 5 nitrogen and oxygen atoms in total. The highest BCUT2D eigenvalue weighted by Crippen LogP contribution is 2.31. The molecule has 0 bridgehead atoms. The Morgan fingerprint density at radius 2 is 2.05 bits per heavy atom. The molecule has 1 aromatic carbocycles. The summed E-state index contributed by atoms with van der Waals surface area (Å²) in [6.45, 7) is 2.22. The van der Waals surface area contributed by atoms with Gasteiger partial charge in [0.15, 0.2) is 0 Å². The van der Waals surface area contributed by atoms with Crippen molar-refractivity contribution in [2.45, 2.75) is 12.5 Å². The van der Waals surface area contributed by atoms with Crippen LogP contribution in [0.3, 0.4) is 0 Å². The second-order valence-electron chi connectivity index (χ2n) is 5.18. The number of carboxylic acid groups (broad SMARTS) is 1. The van der Waals surface area contributed by atoms with Gasteiger partial charge in [0, 0.05) is 30.9 Å². The molecular formula is C16H17N3O2. The first-order chi connectivity index (χ1) is 10.2. The van der Waals surface area contributed by atoms with Crippen molar-refractivity contribution >= 4 is 11.8 Å². The molecular weight excluding hydrogens is 266 g/mol. The number of para-hydroxylation sites is 1. The molecule has 0 spiro atoms. The van der Waals surface area contributed by atoms with Crippen LogP contribution < -0.4 is 10.2 Å². The number of nitrogens with one attached hydrogen (secondary N) is 1. The average Bonchev–Trinajstić information content (AvgIpc) is 2.45. The van der Waals surface area contributed by atoms with E-state index in [2.05, 4.69) is 27.3 Å². The quantitative estimate of drug-likeness (QED) is 0.904. The molecule has 1 aliphatic rings. The molecule has 2 aromatic rings. The van der Waals surface area contributed by atoms with Crippen LogP contribution in [0.4, 0.5) is 10.5 Å². The summed E-state index contributed by atoms with van der Waals surface area (Å²) in [7, 11) is 0. The van der Waals surface area contributed by atoms with Crippen LogP contribution in [0.5, 0.6) is 0 Å². The number of aromatic nitrogens is 1. The van der Waals surface area contributed by atoms with E-state index in [0.717, 1.165) is 18.8 Å². The van der Waals surface area contributed by atoms with Crippen LogP contribution in [-0.4, -0.2) is 29.3 Å². The van der Waals surface area contributed by atoms with Gasteiger partial charge in [-0.25, -0.2) is 4.79 Å². The minimum absolute atomic E-state index is 0.248. The van der Waals surface area contributed by atoms with Crippen LogP contribution >= 0.6 is 0 Å². The number of pyridine rings is 1. The Kier molecular flexibility index (Phi) is 3.73. The van der Waals surface area contributed by atoms with Gasteiger partial charge >= 0.3 is 6.09 Å². The summed E-state index contributed by atoms with van der Waals surface area (Å²) in [5.41, 5.74) is 3.23. The van der Waals surface area contributed by atoms with Crippen LogP contribution in [0.1, 0.15) is 17.2 Å². The van der Waals surface area contributed by atoms with Gasteiger partial charge in [0.05, 0.1) is 12.2 Å². The smallest absolute Gasteiger partial charge is 0.404 e. The number of rotatable bonds is 4. The summed E-state index contributed by atoms with van der Waals surface area (Å²) in [6.07, 6.45) is 0.723. The van der Waals surface area contributed by atoms with Crippen LogP contribution in [0.25, 0.3) is 0 Å². The molecule has 0 aliphatic carbocycles. The standard InChI is InChI=1S/C16H17N3O2/c20-16(21)18-9-14-8-12(6-7-17-14)13-10-19(11-13)15-4-2-1-3-5-15/h1-8,13,18H,9-11H2,(H,20,21). The van der Waals surface area contributed by atoms with Crippen molar-refractivity contribution in [1.29, 1.82) is 0 Å². The van der Waals surface area contributed by atoms with E-state index in [0.29, 0.717) is 5.92 Å². The third-order valence-electron chi connectivity index (χ3n) is 3.74. The van der Waals surface area contributed by atoms with E-state index >= 15 is 0 Å². The number of nitrogens with zero attached hydrogens (tertiary/aromatic N) is 2. The lowest BCUT2D eigenvalue weighted by Gasteiger charge is -2.41. The molecule has 1 fully saturated rings. The lowest BCUT2D eigenvalue weighted by atomic mass is 9.91. The van der Waals surface area contributed by atoms with Gasteiger partial charge in [-0.15, -0.1) is 0 Å². The SMILES string of the molecule is O=C(O)NCc1cc(C2CN(c3ccccc3)C2)ccn1. The predicted octanol–water partition coefficient (Wildman–Crippen LogP) is 2.45. The predicted molar refractivity (Wildman–Crippen MR) is 80.5 cm³/mol. The van der Waals surface area contributed by atoms with Gasteiger partial charge in [-0.3, -0.25) is 4.98 Å². The lowest BCUT2D eigenvalue weighted by molar-refractivity contribution is 0.194. The summed E-state index contributed by atoms with van der Waals surface area (Å²) in [4.78, 5) is 17.0. The largest absolute Gasteiger partial charge is 0.465 e. The van der Waals surface area contributed by atoms with E-state index < -0.39 is 6.09 Å². The first-order valence-electron chi connectivity index (χ1n) is 6.94. The Labute approximate surface area is 123 Å². The molecule has 21 heavy (non-hydrogen) atoms. The minimum Gasteiger partial charge on any atom is -0.465 e. The Bertz CT molecular complexity index is 624. The number of anilines is 1. The molecule has 2 N–H and O–H groups in total. The lowest BCUT2D eigenvalue weighted by Crippen LogP contribution is -2.45. The normalized spacial score (nSPS) is 14.6. The van der Waals surface area contributed by atoms with Gasteiger partial charge in [0.25, 0.3) is 0 Å². The highest BCUT2D eigenvalue weighted by atomic mass is 16.4. The van der Waals surface area contributed by atoms with Crippen molar-refractivity contribution in [3.8, 4) is 0 Å². The molecule has 1 aliphatic heterocycles. The molecule has 1 aromatic heterocycles. The van der Waals surface area contributed by atoms with Crippen LogP contribution in [0.15, 0.2) is 48.7 Å². The molecule has 1 amide bonds. The number of carbonyl (C=O) groups is 1.